The van der Waals surface area contributed by atoms with E-state index in [1.54, 1.807) is 41.5 Å². The Balaban J connectivity index is 1.57. The number of amides is 1. The number of Topliss-reactive ketones (excluding diaryl/α,β-unsaturated/α-hetero) is 1. The average molecular weight is 376 g/mol. The maximum atomic E-state index is 12.4. The molecule has 0 bridgehead atoms. The summed E-state index contributed by atoms with van der Waals surface area (Å²) in [5.74, 6) is 0.841. The Morgan fingerprint density at radius 2 is 1.82 bits per heavy atom. The topological polar surface area (TPSA) is 76.9 Å². The monoisotopic (exact) mass is 376 g/mol. The van der Waals surface area contributed by atoms with Crippen molar-refractivity contribution < 1.29 is 9.59 Å². The van der Waals surface area contributed by atoms with E-state index in [-0.39, 0.29) is 24.5 Å². The standard InChI is InChI=1S/C22H24N4O2/c1-16(2)15-17-6-8-18(9-7-17)20(27)10-11-21(28)25-19-5-3-12-23-22(19)26-14-4-13-24-26/h3-9,12-14,16H,10-11,15H2,1-2H3,(H,25,28). The van der Waals surface area contributed by atoms with Crippen molar-refractivity contribution in [2.45, 2.75) is 33.1 Å². The van der Waals surface area contributed by atoms with Crippen LogP contribution in [0.5, 0.6) is 0 Å². The fraction of sp³-hybridized carbons (Fsp3) is 0.273. The highest BCUT2D eigenvalue weighted by atomic mass is 16.2. The predicted octanol–water partition coefficient (Wildman–Crippen LogP) is 4.07. The third-order valence-corrected chi connectivity index (χ3v) is 4.28. The summed E-state index contributed by atoms with van der Waals surface area (Å²) < 4.78 is 1.58. The molecule has 0 spiro atoms. The van der Waals surface area contributed by atoms with Crippen LogP contribution in [0.2, 0.25) is 0 Å². The van der Waals surface area contributed by atoms with Crippen LogP contribution < -0.4 is 5.32 Å². The highest BCUT2D eigenvalue weighted by Gasteiger charge is 2.13. The van der Waals surface area contributed by atoms with E-state index in [1.807, 2.05) is 24.3 Å². The number of benzene rings is 1. The van der Waals surface area contributed by atoms with E-state index in [9.17, 15) is 9.59 Å². The Kier molecular flexibility index (Phi) is 6.32. The van der Waals surface area contributed by atoms with Crippen LogP contribution in [-0.2, 0) is 11.2 Å². The molecule has 0 saturated carbocycles. The lowest BCUT2D eigenvalue weighted by atomic mass is 9.99. The van der Waals surface area contributed by atoms with Gasteiger partial charge in [-0.3, -0.25) is 9.59 Å². The van der Waals surface area contributed by atoms with E-state index < -0.39 is 0 Å². The van der Waals surface area contributed by atoms with Gasteiger partial charge in [-0.25, -0.2) is 9.67 Å². The molecule has 0 aliphatic heterocycles. The maximum absolute atomic E-state index is 12.4. The van der Waals surface area contributed by atoms with Crippen LogP contribution in [0, 0.1) is 5.92 Å². The maximum Gasteiger partial charge on any atom is 0.224 e. The molecule has 6 heteroatoms. The van der Waals surface area contributed by atoms with E-state index in [1.165, 1.54) is 5.56 Å². The molecule has 1 N–H and O–H groups in total. The lowest BCUT2D eigenvalue weighted by Gasteiger charge is -2.10. The van der Waals surface area contributed by atoms with Crippen molar-refractivity contribution in [1.29, 1.82) is 0 Å². The number of carbonyl (C=O) groups is 2. The SMILES string of the molecule is CC(C)Cc1ccc(C(=O)CCC(=O)Nc2cccnc2-n2cccn2)cc1. The Morgan fingerprint density at radius 1 is 1.04 bits per heavy atom. The van der Waals surface area contributed by atoms with Crippen molar-refractivity contribution in [2.75, 3.05) is 5.32 Å². The summed E-state index contributed by atoms with van der Waals surface area (Å²) in [7, 11) is 0. The molecule has 0 aliphatic rings. The van der Waals surface area contributed by atoms with E-state index in [0.717, 1.165) is 6.42 Å². The van der Waals surface area contributed by atoms with Crippen LogP contribution in [0.15, 0.2) is 61.1 Å². The van der Waals surface area contributed by atoms with Gasteiger partial charge in [0, 0.05) is 37.0 Å². The van der Waals surface area contributed by atoms with Crippen molar-refractivity contribution in [3.63, 3.8) is 0 Å². The van der Waals surface area contributed by atoms with Crippen molar-refractivity contribution in [3.8, 4) is 5.82 Å². The summed E-state index contributed by atoms with van der Waals surface area (Å²) in [4.78, 5) is 29.0. The minimum Gasteiger partial charge on any atom is -0.323 e. The molecule has 0 atom stereocenters. The minimum absolute atomic E-state index is 0.0373. The molecule has 1 amide bonds. The Morgan fingerprint density at radius 3 is 2.50 bits per heavy atom. The molecule has 0 saturated heterocycles. The number of nitrogens with zero attached hydrogens (tertiary/aromatic N) is 3. The summed E-state index contributed by atoms with van der Waals surface area (Å²) in [5.41, 5.74) is 2.41. The first kappa shape index (κ1) is 19.5. The van der Waals surface area contributed by atoms with Gasteiger partial charge in [-0.05, 0) is 36.1 Å². The van der Waals surface area contributed by atoms with Crippen LogP contribution in [0.1, 0.15) is 42.6 Å². The van der Waals surface area contributed by atoms with Gasteiger partial charge in [0.25, 0.3) is 0 Å². The smallest absolute Gasteiger partial charge is 0.224 e. The van der Waals surface area contributed by atoms with Gasteiger partial charge in [0.1, 0.15) is 0 Å². The first-order valence-electron chi connectivity index (χ1n) is 9.40. The second-order valence-electron chi connectivity index (χ2n) is 7.09. The van der Waals surface area contributed by atoms with Crippen molar-refractivity contribution in [2.24, 2.45) is 5.92 Å². The second kappa shape index (κ2) is 9.08. The highest BCUT2D eigenvalue weighted by molar-refractivity contribution is 6.00. The van der Waals surface area contributed by atoms with Gasteiger partial charge in [-0.15, -0.1) is 0 Å². The Bertz CT molecular complexity index is 931. The molecule has 28 heavy (non-hydrogen) atoms. The molecule has 0 aliphatic carbocycles. The summed E-state index contributed by atoms with van der Waals surface area (Å²) in [6.45, 7) is 4.33. The minimum atomic E-state index is -0.230. The first-order valence-corrected chi connectivity index (χ1v) is 9.40. The molecule has 0 unspecified atom stereocenters. The molecule has 0 radical (unpaired) electrons. The number of nitrogens with one attached hydrogen (secondary N) is 1. The zero-order chi connectivity index (χ0) is 19.9. The number of ketones is 1. The van der Waals surface area contributed by atoms with Gasteiger partial charge in [0.2, 0.25) is 5.91 Å². The normalized spacial score (nSPS) is 10.8. The fourth-order valence-corrected chi connectivity index (χ4v) is 2.95. The van der Waals surface area contributed by atoms with Crippen LogP contribution in [0.3, 0.4) is 0 Å². The second-order valence-corrected chi connectivity index (χ2v) is 7.09. The third-order valence-electron chi connectivity index (χ3n) is 4.28. The van der Waals surface area contributed by atoms with Crippen LogP contribution in [0.4, 0.5) is 5.69 Å². The van der Waals surface area contributed by atoms with E-state index in [0.29, 0.717) is 23.0 Å². The van der Waals surface area contributed by atoms with Crippen molar-refractivity contribution >= 4 is 17.4 Å². The number of carbonyl (C=O) groups excluding carboxylic acids is 2. The molecule has 0 fully saturated rings. The molecule has 1 aromatic carbocycles. The molecular weight excluding hydrogens is 352 g/mol. The molecule has 2 heterocycles. The molecule has 6 nitrogen and oxygen atoms in total. The molecule has 144 valence electrons. The summed E-state index contributed by atoms with van der Waals surface area (Å²) in [6.07, 6.45) is 6.29. The third kappa shape index (κ3) is 5.13. The summed E-state index contributed by atoms with van der Waals surface area (Å²) in [6, 6.07) is 12.9. The Hall–Kier alpha value is -3.28. The zero-order valence-electron chi connectivity index (χ0n) is 16.1. The van der Waals surface area contributed by atoms with Crippen LogP contribution in [-0.4, -0.2) is 26.5 Å². The predicted molar refractivity (Wildman–Crippen MR) is 109 cm³/mol. The molecule has 3 rings (SSSR count). The Labute approximate surface area is 164 Å². The molecule has 3 aromatic rings. The van der Waals surface area contributed by atoms with E-state index in [4.69, 9.17) is 0 Å². The molecular formula is C22H24N4O2. The van der Waals surface area contributed by atoms with Crippen LogP contribution in [0.25, 0.3) is 5.82 Å². The number of rotatable bonds is 8. The summed E-state index contributed by atoms with van der Waals surface area (Å²) >= 11 is 0. The van der Waals surface area contributed by atoms with Gasteiger partial charge in [-0.1, -0.05) is 38.1 Å². The van der Waals surface area contributed by atoms with Crippen molar-refractivity contribution in [1.82, 2.24) is 14.8 Å². The quantitative estimate of drug-likeness (QED) is 0.601. The fourth-order valence-electron chi connectivity index (χ4n) is 2.95. The van der Waals surface area contributed by atoms with Crippen molar-refractivity contribution in [3.05, 3.63) is 72.2 Å². The lowest BCUT2D eigenvalue weighted by Crippen LogP contribution is -2.15. The van der Waals surface area contributed by atoms with Gasteiger partial charge >= 0.3 is 0 Å². The largest absolute Gasteiger partial charge is 0.323 e. The van der Waals surface area contributed by atoms with Gasteiger partial charge in [-0.2, -0.15) is 5.10 Å². The lowest BCUT2D eigenvalue weighted by molar-refractivity contribution is -0.116. The number of hydrogen-bond acceptors (Lipinski definition) is 4. The number of anilines is 1. The zero-order valence-corrected chi connectivity index (χ0v) is 16.1. The average Bonchev–Trinajstić information content (AvgIpc) is 3.21. The first-order chi connectivity index (χ1) is 13.5. The number of pyridine rings is 1. The van der Waals surface area contributed by atoms with Crippen LogP contribution >= 0.6 is 0 Å². The summed E-state index contributed by atoms with van der Waals surface area (Å²) in [5, 5.41) is 6.96. The molecule has 2 aromatic heterocycles. The van der Waals surface area contributed by atoms with Gasteiger partial charge in [0.15, 0.2) is 11.6 Å². The van der Waals surface area contributed by atoms with E-state index in [2.05, 4.69) is 29.2 Å². The van der Waals surface area contributed by atoms with E-state index >= 15 is 0 Å². The number of hydrogen-bond donors (Lipinski definition) is 1. The van der Waals surface area contributed by atoms with Gasteiger partial charge < -0.3 is 5.32 Å². The highest BCUT2D eigenvalue weighted by Crippen LogP contribution is 2.17. The number of aromatic nitrogens is 3. The van der Waals surface area contributed by atoms with Gasteiger partial charge in [0.05, 0.1) is 5.69 Å².